The van der Waals surface area contributed by atoms with Gasteiger partial charge in [0.1, 0.15) is 5.54 Å². The molecule has 2 N–H and O–H groups in total. The number of terminal acetylenes is 1. The van der Waals surface area contributed by atoms with Gasteiger partial charge in [0.2, 0.25) is 0 Å². The van der Waals surface area contributed by atoms with Crippen molar-refractivity contribution in [1.29, 1.82) is 0 Å². The van der Waals surface area contributed by atoms with Gasteiger partial charge < -0.3 is 10.2 Å². The first-order chi connectivity index (χ1) is 13.1. The predicted molar refractivity (Wildman–Crippen MR) is 118 cm³/mol. The first kappa shape index (κ1) is 23.2. The van der Waals surface area contributed by atoms with Gasteiger partial charge in [0.05, 0.1) is 12.2 Å². The summed E-state index contributed by atoms with van der Waals surface area (Å²) in [7, 11) is 0. The lowest BCUT2D eigenvalue weighted by Gasteiger charge is -2.29. The molecule has 0 saturated heterocycles. The number of aliphatic imine (C=N–C) groups is 1. The van der Waals surface area contributed by atoms with Gasteiger partial charge in [-0.1, -0.05) is 51.7 Å². The summed E-state index contributed by atoms with van der Waals surface area (Å²) in [6, 6.07) is 0. The Hall–Kier alpha value is -1.09. The molecule has 0 aromatic heterocycles. The molecule has 156 valence electrons. The van der Waals surface area contributed by atoms with E-state index in [1.54, 1.807) is 0 Å². The summed E-state index contributed by atoms with van der Waals surface area (Å²) in [6.07, 6.45) is 14.8. The van der Waals surface area contributed by atoms with E-state index in [2.05, 4.69) is 39.3 Å². The highest BCUT2D eigenvalue weighted by molar-refractivity contribution is 7.96. The second kappa shape index (κ2) is 9.61. The molecule has 1 fully saturated rings. The van der Waals surface area contributed by atoms with Crippen molar-refractivity contribution in [3.8, 4) is 12.3 Å². The van der Waals surface area contributed by atoms with Crippen LogP contribution in [-0.4, -0.2) is 38.8 Å². The van der Waals surface area contributed by atoms with Crippen LogP contribution in [0.5, 0.6) is 0 Å². The summed E-state index contributed by atoms with van der Waals surface area (Å²) in [4.78, 5) is 15.9. The summed E-state index contributed by atoms with van der Waals surface area (Å²) in [5, 5.41) is 21.2. The Morgan fingerprint density at radius 1 is 1.50 bits per heavy atom. The molecule has 1 saturated carbocycles. The molecular weight excluding hydrogens is 370 g/mol. The fourth-order valence-corrected chi connectivity index (χ4v) is 4.70. The fraction of sp³-hybridized carbons (Fsp3) is 0.739. The number of fused-ring (bicyclic) bond motifs is 1. The van der Waals surface area contributed by atoms with Crippen LogP contribution in [0, 0.1) is 29.6 Å². The van der Waals surface area contributed by atoms with Gasteiger partial charge in [-0.05, 0) is 31.1 Å². The second-order valence-corrected chi connectivity index (χ2v) is 9.57. The Kier molecular flexibility index (Phi) is 7.96. The zero-order valence-electron chi connectivity index (χ0n) is 17.4. The van der Waals surface area contributed by atoms with E-state index in [4.69, 9.17) is 11.4 Å². The van der Waals surface area contributed by atoms with E-state index in [0.29, 0.717) is 12.8 Å². The number of hydrogen-bond donors (Lipinski definition) is 3. The van der Waals surface area contributed by atoms with Gasteiger partial charge >= 0.3 is 0 Å². The Morgan fingerprint density at radius 2 is 2.21 bits per heavy atom. The first-order valence-electron chi connectivity index (χ1n) is 10.5. The predicted octanol–water partition coefficient (Wildman–Crippen LogP) is 3.96. The molecule has 28 heavy (non-hydrogen) atoms. The maximum Gasteiger partial charge on any atom is 0.185 e. The molecule has 2 aliphatic rings. The third-order valence-corrected chi connectivity index (χ3v) is 6.68. The summed E-state index contributed by atoms with van der Waals surface area (Å²) >= 11 is 3.81. The third-order valence-electron chi connectivity index (χ3n) is 6.45. The second-order valence-electron chi connectivity index (χ2n) is 9.08. The van der Waals surface area contributed by atoms with Crippen LogP contribution < -0.4 is 0 Å². The highest BCUT2D eigenvalue weighted by Gasteiger charge is 2.54. The summed E-state index contributed by atoms with van der Waals surface area (Å²) < 4.78 is 0. The molecule has 1 aliphatic carbocycles. The molecule has 0 radical (unpaired) electrons. The van der Waals surface area contributed by atoms with Gasteiger partial charge in [-0.2, -0.15) is 0 Å². The highest BCUT2D eigenvalue weighted by atomic mass is 32.1. The summed E-state index contributed by atoms with van der Waals surface area (Å²) in [5.41, 5.74) is 0.180. The van der Waals surface area contributed by atoms with Gasteiger partial charge in [-0.3, -0.25) is 9.79 Å². The van der Waals surface area contributed by atoms with Crippen molar-refractivity contribution in [2.45, 2.75) is 89.9 Å². The largest absolute Gasteiger partial charge is 0.392 e. The van der Waals surface area contributed by atoms with Crippen LogP contribution in [0.3, 0.4) is 0 Å². The van der Waals surface area contributed by atoms with Crippen molar-refractivity contribution in [2.24, 2.45) is 22.2 Å². The summed E-state index contributed by atoms with van der Waals surface area (Å²) in [6.45, 7) is 6.30. The normalized spacial score (nSPS) is 30.9. The number of carbonyl (C=O) groups excluding carboxylic acids is 1. The molecule has 5 atom stereocenters. The van der Waals surface area contributed by atoms with Gasteiger partial charge in [-0.25, -0.2) is 0 Å². The van der Waals surface area contributed by atoms with Gasteiger partial charge in [0, 0.05) is 30.4 Å². The minimum Gasteiger partial charge on any atom is -0.392 e. The van der Waals surface area contributed by atoms with E-state index in [9.17, 15) is 15.0 Å². The van der Waals surface area contributed by atoms with Crippen molar-refractivity contribution >= 4 is 23.5 Å². The van der Waals surface area contributed by atoms with E-state index in [1.165, 1.54) is 0 Å². The minimum atomic E-state index is -0.655. The molecule has 1 aliphatic heterocycles. The van der Waals surface area contributed by atoms with Crippen LogP contribution >= 0.6 is 12.6 Å². The summed E-state index contributed by atoms with van der Waals surface area (Å²) in [5.74, 6) is 2.79. The molecule has 0 amide bonds. The van der Waals surface area contributed by atoms with Crippen LogP contribution in [0.25, 0.3) is 0 Å². The van der Waals surface area contributed by atoms with Crippen LogP contribution in [0.15, 0.2) is 17.1 Å². The quantitative estimate of drug-likeness (QED) is 0.293. The molecule has 0 aromatic carbocycles. The van der Waals surface area contributed by atoms with Crippen molar-refractivity contribution in [2.75, 3.05) is 0 Å². The van der Waals surface area contributed by atoms with Crippen LogP contribution in [-0.2, 0) is 4.79 Å². The monoisotopic (exact) mass is 405 g/mol. The topological polar surface area (TPSA) is 69.9 Å². The SMILES string of the molecule is C#CC12CC(O)C(/C=C/C(O)C(C)(C)CCCC)C1CC(CCCC(=O)S)=N2. The number of aliphatic hydroxyl groups excluding tert-OH is 2. The van der Waals surface area contributed by atoms with Crippen LogP contribution in [0.4, 0.5) is 0 Å². The Balaban J connectivity index is 2.07. The van der Waals surface area contributed by atoms with Gasteiger partial charge in [0.25, 0.3) is 0 Å². The Morgan fingerprint density at radius 3 is 2.82 bits per heavy atom. The highest BCUT2D eigenvalue weighted by Crippen LogP contribution is 2.50. The third kappa shape index (κ3) is 5.28. The van der Waals surface area contributed by atoms with Crippen LogP contribution in [0.1, 0.15) is 72.1 Å². The molecular formula is C23H35NO3S. The van der Waals surface area contributed by atoms with E-state index in [0.717, 1.165) is 44.2 Å². The molecule has 2 rings (SSSR count). The number of rotatable bonds is 10. The van der Waals surface area contributed by atoms with Gasteiger partial charge in [-0.15, -0.1) is 19.1 Å². The Bertz CT molecular complexity index is 663. The number of carbonyl (C=O) groups is 1. The Labute approximate surface area is 175 Å². The fourth-order valence-electron chi connectivity index (χ4n) is 4.54. The average Bonchev–Trinajstić information content (AvgIpc) is 3.09. The van der Waals surface area contributed by atoms with E-state index in [1.807, 2.05) is 12.2 Å². The number of unbranched alkanes of at least 4 members (excludes halogenated alkanes) is 1. The van der Waals surface area contributed by atoms with Crippen molar-refractivity contribution in [3.05, 3.63) is 12.2 Å². The molecule has 0 bridgehead atoms. The molecule has 4 nitrogen and oxygen atoms in total. The molecule has 0 spiro atoms. The molecule has 5 unspecified atom stereocenters. The maximum atomic E-state index is 11.0. The van der Waals surface area contributed by atoms with Gasteiger partial charge in [0.15, 0.2) is 5.12 Å². The smallest absolute Gasteiger partial charge is 0.185 e. The first-order valence-corrected chi connectivity index (χ1v) is 10.9. The maximum absolute atomic E-state index is 11.0. The van der Waals surface area contributed by atoms with E-state index >= 15 is 0 Å². The van der Waals surface area contributed by atoms with E-state index in [-0.39, 0.29) is 22.4 Å². The lowest BCUT2D eigenvalue weighted by Crippen LogP contribution is -2.29. The zero-order chi connectivity index (χ0) is 20.9. The molecule has 1 heterocycles. The number of aliphatic hydroxyl groups is 2. The zero-order valence-corrected chi connectivity index (χ0v) is 18.3. The number of hydrogen-bond acceptors (Lipinski definition) is 4. The lowest BCUT2D eigenvalue weighted by molar-refractivity contribution is -0.110. The standard InChI is InChI=1S/C23H35NO3S/c1-5-7-13-22(3,4)20(26)12-11-17-18-14-16(9-8-10-21(27)28)24-23(18,6-2)15-19(17)25/h2,11-12,17-20,25-26H,5,7-10,13-15H2,1,3-4H3,(H,27,28)/b12-11+. The number of thiol groups is 1. The molecule has 0 aromatic rings. The number of nitrogens with zero attached hydrogens (tertiary/aromatic N) is 1. The lowest BCUT2D eigenvalue weighted by atomic mass is 9.79. The minimum absolute atomic E-state index is 0.0522. The van der Waals surface area contributed by atoms with Crippen molar-refractivity contribution in [3.63, 3.8) is 0 Å². The van der Waals surface area contributed by atoms with Crippen LogP contribution in [0.2, 0.25) is 0 Å². The van der Waals surface area contributed by atoms with E-state index < -0.39 is 17.7 Å². The average molecular weight is 406 g/mol. The van der Waals surface area contributed by atoms with Crippen molar-refractivity contribution < 1.29 is 15.0 Å². The van der Waals surface area contributed by atoms with Crippen molar-refractivity contribution in [1.82, 2.24) is 0 Å². The molecule has 5 heteroatoms.